The number of rotatable bonds is 6. The number of piperidine rings is 1. The molecule has 0 bridgehead atoms. The van der Waals surface area contributed by atoms with Crippen molar-refractivity contribution in [1.82, 2.24) is 0 Å². The molecule has 148 valence electrons. The molecule has 0 unspecified atom stereocenters. The highest BCUT2D eigenvalue weighted by Crippen LogP contribution is 2.34. The van der Waals surface area contributed by atoms with Gasteiger partial charge < -0.3 is 4.74 Å². The van der Waals surface area contributed by atoms with Gasteiger partial charge >= 0.3 is 0 Å². The number of hydrogen-bond donors (Lipinski definition) is 0. The number of benzene rings is 2. The maximum atomic E-state index is 13.4. The van der Waals surface area contributed by atoms with Crippen molar-refractivity contribution in [2.24, 2.45) is 0 Å². The summed E-state index contributed by atoms with van der Waals surface area (Å²) >= 11 is 0. The van der Waals surface area contributed by atoms with E-state index >= 15 is 0 Å². The smallest absolute Gasteiger partial charge is 0.268 e. The van der Waals surface area contributed by atoms with Crippen molar-refractivity contribution in [3.63, 3.8) is 0 Å². The molecule has 2 aromatic carbocycles. The van der Waals surface area contributed by atoms with Crippen LogP contribution in [0.5, 0.6) is 5.75 Å². The topological polar surface area (TPSA) is 84.0 Å². The molecule has 3 rings (SSSR count). The van der Waals surface area contributed by atoms with Crippen LogP contribution >= 0.6 is 0 Å². The fourth-order valence-electron chi connectivity index (χ4n) is 3.25. The van der Waals surface area contributed by atoms with Crippen LogP contribution in [0.4, 0.5) is 11.4 Å². The number of hydrogen-bond acceptors (Lipinski definition) is 5. The van der Waals surface area contributed by atoms with Gasteiger partial charge in [-0.05, 0) is 43.7 Å². The van der Waals surface area contributed by atoms with Crippen molar-refractivity contribution in [2.45, 2.75) is 31.1 Å². The van der Waals surface area contributed by atoms with Crippen molar-refractivity contribution in [1.29, 1.82) is 0 Å². The molecule has 0 saturated carbocycles. The fraction of sp³-hybridized carbons (Fsp3) is 0.300. The average Bonchev–Trinajstić information content (AvgIpc) is 2.69. The van der Waals surface area contributed by atoms with Crippen molar-refractivity contribution in [3.05, 3.63) is 48.5 Å². The van der Waals surface area contributed by atoms with Gasteiger partial charge in [0.05, 0.1) is 18.5 Å². The molecule has 28 heavy (non-hydrogen) atoms. The summed E-state index contributed by atoms with van der Waals surface area (Å²) in [6.07, 6.45) is 1.02. The van der Waals surface area contributed by atoms with Gasteiger partial charge in [0, 0.05) is 19.4 Å². The molecular formula is C20H22N2O5S. The summed E-state index contributed by atoms with van der Waals surface area (Å²) in [7, 11) is -2.61. The minimum atomic E-state index is -3.98. The van der Waals surface area contributed by atoms with E-state index in [1.54, 1.807) is 37.3 Å². The Morgan fingerprint density at radius 2 is 1.68 bits per heavy atom. The second kappa shape index (κ2) is 8.02. The number of amides is 2. The highest BCUT2D eigenvalue weighted by Gasteiger charge is 2.32. The zero-order chi connectivity index (χ0) is 20.3. The lowest BCUT2D eigenvalue weighted by Gasteiger charge is -2.27. The first kappa shape index (κ1) is 19.9. The first-order valence-electron chi connectivity index (χ1n) is 9.01. The molecular weight excluding hydrogens is 380 g/mol. The van der Waals surface area contributed by atoms with Crippen LogP contribution in [0.3, 0.4) is 0 Å². The molecule has 2 aromatic rings. The summed E-state index contributed by atoms with van der Waals surface area (Å²) in [4.78, 5) is 25.5. The van der Waals surface area contributed by atoms with E-state index in [2.05, 4.69) is 0 Å². The summed E-state index contributed by atoms with van der Waals surface area (Å²) in [5.74, 6) is -0.518. The van der Waals surface area contributed by atoms with E-state index in [0.29, 0.717) is 12.1 Å². The molecule has 0 radical (unpaired) electrons. The zero-order valence-electron chi connectivity index (χ0n) is 15.8. The van der Waals surface area contributed by atoms with Gasteiger partial charge in [0.1, 0.15) is 10.6 Å². The molecule has 7 nitrogen and oxygen atoms in total. The van der Waals surface area contributed by atoms with Crippen molar-refractivity contribution >= 4 is 33.2 Å². The van der Waals surface area contributed by atoms with Gasteiger partial charge in [-0.25, -0.2) is 8.42 Å². The monoisotopic (exact) mass is 402 g/mol. The lowest BCUT2D eigenvalue weighted by molar-refractivity contribution is -0.129. The maximum absolute atomic E-state index is 13.4. The Morgan fingerprint density at radius 1 is 1.04 bits per heavy atom. The Bertz CT molecular complexity index is 973. The molecule has 0 aromatic heterocycles. The van der Waals surface area contributed by atoms with E-state index in [1.807, 2.05) is 0 Å². The fourth-order valence-corrected chi connectivity index (χ4v) is 4.90. The molecule has 0 atom stereocenters. The van der Waals surface area contributed by atoms with E-state index in [-0.39, 0.29) is 47.5 Å². The molecule has 1 heterocycles. The number of methoxy groups -OCH3 is 1. The molecule has 1 saturated heterocycles. The molecule has 8 heteroatoms. The van der Waals surface area contributed by atoms with Gasteiger partial charge in [0.25, 0.3) is 10.0 Å². The van der Waals surface area contributed by atoms with Crippen LogP contribution in [-0.2, 0) is 19.6 Å². The van der Waals surface area contributed by atoms with Gasteiger partial charge in [-0.2, -0.15) is 0 Å². The van der Waals surface area contributed by atoms with Crippen LogP contribution in [0.25, 0.3) is 0 Å². The number of para-hydroxylation sites is 1. The van der Waals surface area contributed by atoms with Gasteiger partial charge in [-0.3, -0.25) is 18.8 Å². The van der Waals surface area contributed by atoms with Gasteiger partial charge in [0.2, 0.25) is 11.8 Å². The summed E-state index contributed by atoms with van der Waals surface area (Å²) in [6, 6.07) is 13.1. The number of anilines is 2. The quantitative estimate of drug-likeness (QED) is 0.694. The maximum Gasteiger partial charge on any atom is 0.268 e. The first-order valence-corrected chi connectivity index (χ1v) is 10.5. The van der Waals surface area contributed by atoms with Crippen LogP contribution in [0, 0.1) is 0 Å². The molecule has 1 aliphatic heterocycles. The van der Waals surface area contributed by atoms with Gasteiger partial charge in [-0.1, -0.05) is 18.2 Å². The predicted octanol–water partition coefficient (Wildman–Crippen LogP) is 2.95. The molecule has 0 N–H and O–H groups in total. The molecule has 0 aliphatic carbocycles. The lowest BCUT2D eigenvalue weighted by atomic mass is 10.1. The summed E-state index contributed by atoms with van der Waals surface area (Å²) in [5, 5.41) is 0. The Labute approximate surface area is 164 Å². The van der Waals surface area contributed by atoms with E-state index in [1.165, 1.54) is 29.6 Å². The number of imide groups is 1. The number of carbonyl (C=O) groups is 2. The summed E-state index contributed by atoms with van der Waals surface area (Å²) < 4.78 is 33.3. The Balaban J connectivity index is 2.11. The molecule has 1 aliphatic rings. The largest absolute Gasteiger partial charge is 0.495 e. The third-order valence-electron chi connectivity index (χ3n) is 4.58. The normalized spacial score (nSPS) is 14.9. The highest BCUT2D eigenvalue weighted by atomic mass is 32.2. The van der Waals surface area contributed by atoms with Gasteiger partial charge in [-0.15, -0.1) is 0 Å². The average molecular weight is 402 g/mol. The number of nitrogens with zero attached hydrogens (tertiary/aromatic N) is 2. The van der Waals surface area contributed by atoms with Crippen LogP contribution in [0.1, 0.15) is 26.2 Å². The molecule has 0 spiro atoms. The number of carbonyl (C=O) groups excluding carboxylic acids is 2. The van der Waals surface area contributed by atoms with E-state index in [9.17, 15) is 18.0 Å². The second-order valence-electron chi connectivity index (χ2n) is 6.32. The Kier molecular flexibility index (Phi) is 5.69. The van der Waals surface area contributed by atoms with Gasteiger partial charge in [0.15, 0.2) is 0 Å². The molecule has 1 fully saturated rings. The number of ether oxygens (including phenoxy) is 1. The SMILES string of the molecule is CCN(c1ccccc1)S(=O)(=O)c1cc(N2C(=O)CCCC2=O)ccc1OC. The van der Waals surface area contributed by atoms with Crippen LogP contribution in [-0.4, -0.2) is 33.9 Å². The zero-order valence-corrected chi connectivity index (χ0v) is 16.6. The summed E-state index contributed by atoms with van der Waals surface area (Å²) in [6.45, 7) is 1.94. The second-order valence-corrected chi connectivity index (χ2v) is 8.15. The third-order valence-corrected chi connectivity index (χ3v) is 6.51. The lowest BCUT2D eigenvalue weighted by Crippen LogP contribution is -2.40. The van der Waals surface area contributed by atoms with Crippen molar-refractivity contribution in [2.75, 3.05) is 22.9 Å². The van der Waals surface area contributed by atoms with Crippen LogP contribution < -0.4 is 13.9 Å². The Morgan fingerprint density at radius 3 is 2.25 bits per heavy atom. The highest BCUT2D eigenvalue weighted by molar-refractivity contribution is 7.93. The minimum Gasteiger partial charge on any atom is -0.495 e. The van der Waals surface area contributed by atoms with Crippen molar-refractivity contribution < 1.29 is 22.7 Å². The Hall–Kier alpha value is -2.87. The standard InChI is InChI=1S/C20H22N2O5S/c1-3-21(15-8-5-4-6-9-15)28(25,26)18-14-16(12-13-17(18)27-2)22-19(23)10-7-11-20(22)24/h4-6,8-9,12-14H,3,7,10-11H2,1-2H3. The van der Waals surface area contributed by atoms with E-state index in [4.69, 9.17) is 4.74 Å². The van der Waals surface area contributed by atoms with Crippen LogP contribution in [0.2, 0.25) is 0 Å². The first-order chi connectivity index (χ1) is 13.4. The number of sulfonamides is 1. The van der Waals surface area contributed by atoms with Crippen molar-refractivity contribution in [3.8, 4) is 5.75 Å². The summed E-state index contributed by atoms with van der Waals surface area (Å²) in [5.41, 5.74) is 0.751. The third kappa shape index (κ3) is 3.60. The van der Waals surface area contributed by atoms with Crippen LogP contribution in [0.15, 0.2) is 53.4 Å². The minimum absolute atomic E-state index is 0.0932. The van der Waals surface area contributed by atoms with E-state index in [0.717, 1.165) is 4.90 Å². The predicted molar refractivity (Wildman–Crippen MR) is 106 cm³/mol. The molecule has 2 amide bonds. The van der Waals surface area contributed by atoms with E-state index < -0.39 is 10.0 Å².